The third kappa shape index (κ3) is 3.99. The van der Waals surface area contributed by atoms with Gasteiger partial charge in [-0.3, -0.25) is 4.79 Å². The number of carbonyl (C=O) groups excluding carboxylic acids is 1. The predicted molar refractivity (Wildman–Crippen MR) is 95.9 cm³/mol. The van der Waals surface area contributed by atoms with Crippen LogP contribution < -0.4 is 5.32 Å². The van der Waals surface area contributed by atoms with Crippen molar-refractivity contribution < 1.29 is 9.90 Å². The van der Waals surface area contributed by atoms with Crippen LogP contribution in [0.2, 0.25) is 0 Å². The van der Waals surface area contributed by atoms with E-state index in [9.17, 15) is 9.90 Å². The fourth-order valence-corrected chi connectivity index (χ4v) is 4.06. The maximum Gasteiger partial charge on any atom is 0.252 e. The molecule has 0 radical (unpaired) electrons. The summed E-state index contributed by atoms with van der Waals surface area (Å²) in [6.45, 7) is 3.17. The average molecular weight is 345 g/mol. The van der Waals surface area contributed by atoms with Gasteiger partial charge in [0.15, 0.2) is 0 Å². The van der Waals surface area contributed by atoms with Crippen LogP contribution in [-0.2, 0) is 17.9 Å². The van der Waals surface area contributed by atoms with Crippen molar-refractivity contribution in [1.82, 2.24) is 14.9 Å². The van der Waals surface area contributed by atoms with E-state index < -0.39 is 5.60 Å². The first-order chi connectivity index (χ1) is 11.6. The Bertz CT molecular complexity index is 708. The highest BCUT2D eigenvalue weighted by atomic mass is 32.2. The zero-order valence-corrected chi connectivity index (χ0v) is 14.7. The molecule has 1 fully saturated rings. The minimum absolute atomic E-state index is 0.251. The first-order valence-corrected chi connectivity index (χ1v) is 9.36. The molecule has 1 aromatic heterocycles. The second kappa shape index (κ2) is 7.40. The molecule has 0 unspecified atom stereocenters. The number of aryl methyl sites for hydroxylation is 1. The van der Waals surface area contributed by atoms with Gasteiger partial charge in [-0.15, -0.1) is 0 Å². The molecule has 0 atom stereocenters. The number of imidazole rings is 1. The smallest absolute Gasteiger partial charge is 0.252 e. The van der Waals surface area contributed by atoms with Crippen LogP contribution in [0.1, 0.15) is 29.8 Å². The molecule has 5 nitrogen and oxygen atoms in total. The number of nitrogens with zero attached hydrogens (tertiary/aromatic N) is 2. The zero-order valence-electron chi connectivity index (χ0n) is 13.9. The van der Waals surface area contributed by atoms with E-state index in [0.717, 1.165) is 35.0 Å². The molecule has 0 bridgehead atoms. The fourth-order valence-electron chi connectivity index (χ4n) is 2.89. The highest BCUT2D eigenvalue weighted by molar-refractivity contribution is 7.99. The minimum Gasteiger partial charge on any atom is -0.380 e. The number of carbonyl (C=O) groups is 1. The molecule has 1 aromatic carbocycles. The summed E-state index contributed by atoms with van der Waals surface area (Å²) in [5.74, 6) is 2.40. The molecule has 128 valence electrons. The Morgan fingerprint density at radius 1 is 1.38 bits per heavy atom. The molecule has 0 spiro atoms. The summed E-state index contributed by atoms with van der Waals surface area (Å²) >= 11 is 1.79. The first kappa shape index (κ1) is 17.0. The van der Waals surface area contributed by atoms with Crippen molar-refractivity contribution in [2.45, 2.75) is 38.5 Å². The van der Waals surface area contributed by atoms with Gasteiger partial charge in [-0.2, -0.15) is 11.8 Å². The summed E-state index contributed by atoms with van der Waals surface area (Å²) in [4.78, 5) is 16.5. The number of nitrogens with one attached hydrogen (secondary N) is 1. The summed E-state index contributed by atoms with van der Waals surface area (Å²) in [5.41, 5.74) is 1.000. The second-order valence-electron chi connectivity index (χ2n) is 6.25. The van der Waals surface area contributed by atoms with Gasteiger partial charge in [-0.05, 0) is 42.4 Å². The van der Waals surface area contributed by atoms with E-state index in [4.69, 9.17) is 0 Å². The van der Waals surface area contributed by atoms with Crippen molar-refractivity contribution in [1.29, 1.82) is 0 Å². The lowest BCUT2D eigenvalue weighted by atomic mass is 9.95. The van der Waals surface area contributed by atoms with Crippen LogP contribution in [0.4, 0.5) is 0 Å². The van der Waals surface area contributed by atoms with Crippen LogP contribution in [0.3, 0.4) is 0 Å². The minimum atomic E-state index is -1.20. The van der Waals surface area contributed by atoms with Gasteiger partial charge in [0.1, 0.15) is 11.4 Å². The molecule has 24 heavy (non-hydrogen) atoms. The molecule has 0 aliphatic carbocycles. The summed E-state index contributed by atoms with van der Waals surface area (Å²) in [6, 6.07) is 8.14. The van der Waals surface area contributed by atoms with Crippen molar-refractivity contribution in [2.24, 2.45) is 0 Å². The number of thioether (sulfide) groups is 1. The van der Waals surface area contributed by atoms with Crippen molar-refractivity contribution in [3.8, 4) is 0 Å². The topological polar surface area (TPSA) is 67.2 Å². The fraction of sp³-hybridized carbons (Fsp3) is 0.444. The standard InChI is InChI=1S/C18H23N3O2S/c1-14-19-7-8-21(14)13-16-4-2-3-15(11-16)12-20-17(22)18(23)5-9-24-10-6-18/h2-4,7-8,11,23H,5-6,9-10,12-13H2,1H3,(H,20,22). The Morgan fingerprint density at radius 2 is 2.12 bits per heavy atom. The molecule has 3 rings (SSSR count). The van der Waals surface area contributed by atoms with Crippen molar-refractivity contribution >= 4 is 17.7 Å². The Balaban J connectivity index is 1.60. The number of aromatic nitrogens is 2. The Hall–Kier alpha value is -1.79. The number of amides is 1. The van der Waals surface area contributed by atoms with Crippen molar-refractivity contribution in [3.63, 3.8) is 0 Å². The van der Waals surface area contributed by atoms with Crippen LogP contribution in [0.25, 0.3) is 0 Å². The number of rotatable bonds is 5. The molecular weight excluding hydrogens is 322 g/mol. The maximum atomic E-state index is 12.3. The van der Waals surface area contributed by atoms with Crippen LogP contribution in [0.15, 0.2) is 36.7 Å². The lowest BCUT2D eigenvalue weighted by molar-refractivity contribution is -0.140. The zero-order chi connectivity index (χ0) is 17.0. The summed E-state index contributed by atoms with van der Waals surface area (Å²) < 4.78 is 2.08. The van der Waals surface area contributed by atoms with E-state index in [1.54, 1.807) is 18.0 Å². The third-order valence-electron chi connectivity index (χ3n) is 4.46. The van der Waals surface area contributed by atoms with Gasteiger partial charge in [-0.1, -0.05) is 24.3 Å². The largest absolute Gasteiger partial charge is 0.380 e. The van der Waals surface area contributed by atoms with Gasteiger partial charge in [0.2, 0.25) is 0 Å². The Kier molecular flexibility index (Phi) is 5.26. The number of benzene rings is 1. The Labute approximate surface area is 146 Å². The Morgan fingerprint density at radius 3 is 2.83 bits per heavy atom. The molecule has 1 amide bonds. The first-order valence-electron chi connectivity index (χ1n) is 8.21. The summed E-state index contributed by atoms with van der Waals surface area (Å²) in [6.07, 6.45) is 4.82. The quantitative estimate of drug-likeness (QED) is 0.871. The molecule has 1 aliphatic rings. The van der Waals surface area contributed by atoms with Crippen LogP contribution in [0.5, 0.6) is 0 Å². The highest BCUT2D eigenvalue weighted by Crippen LogP contribution is 2.27. The van der Waals surface area contributed by atoms with E-state index in [0.29, 0.717) is 19.4 Å². The van der Waals surface area contributed by atoms with Gasteiger partial charge in [0, 0.05) is 25.5 Å². The van der Waals surface area contributed by atoms with E-state index in [2.05, 4.69) is 27.0 Å². The monoisotopic (exact) mass is 345 g/mol. The molecule has 2 N–H and O–H groups in total. The summed E-state index contributed by atoms with van der Waals surface area (Å²) in [7, 11) is 0. The number of aliphatic hydroxyl groups is 1. The van der Waals surface area contributed by atoms with E-state index in [1.165, 1.54) is 0 Å². The molecule has 2 aromatic rings. The van der Waals surface area contributed by atoms with Gasteiger partial charge in [-0.25, -0.2) is 4.98 Å². The average Bonchev–Trinajstić information content (AvgIpc) is 2.98. The van der Waals surface area contributed by atoms with Gasteiger partial charge in [0.05, 0.1) is 0 Å². The number of hydrogen-bond acceptors (Lipinski definition) is 4. The van der Waals surface area contributed by atoms with E-state index >= 15 is 0 Å². The third-order valence-corrected chi connectivity index (χ3v) is 5.45. The van der Waals surface area contributed by atoms with Gasteiger partial charge >= 0.3 is 0 Å². The molecule has 6 heteroatoms. The van der Waals surface area contributed by atoms with Gasteiger partial charge in [0.25, 0.3) is 5.91 Å². The molecular formula is C18H23N3O2S. The molecule has 0 saturated carbocycles. The van der Waals surface area contributed by atoms with Crippen LogP contribution >= 0.6 is 11.8 Å². The maximum absolute atomic E-state index is 12.3. The van der Waals surface area contributed by atoms with Gasteiger partial charge < -0.3 is 15.0 Å². The van der Waals surface area contributed by atoms with E-state index in [-0.39, 0.29) is 5.91 Å². The van der Waals surface area contributed by atoms with Crippen LogP contribution in [-0.4, -0.2) is 37.7 Å². The lowest BCUT2D eigenvalue weighted by Crippen LogP contribution is -2.48. The normalized spacial score (nSPS) is 16.8. The van der Waals surface area contributed by atoms with Crippen molar-refractivity contribution in [2.75, 3.05) is 11.5 Å². The second-order valence-corrected chi connectivity index (χ2v) is 7.47. The number of hydrogen-bond donors (Lipinski definition) is 2. The highest BCUT2D eigenvalue weighted by Gasteiger charge is 2.37. The molecule has 1 aliphatic heterocycles. The molecule has 1 saturated heterocycles. The van der Waals surface area contributed by atoms with Crippen LogP contribution in [0, 0.1) is 6.92 Å². The summed E-state index contributed by atoms with van der Waals surface area (Å²) in [5, 5.41) is 13.3. The lowest BCUT2D eigenvalue weighted by Gasteiger charge is -2.30. The van der Waals surface area contributed by atoms with Crippen molar-refractivity contribution in [3.05, 3.63) is 53.6 Å². The molecule has 2 heterocycles. The SMILES string of the molecule is Cc1nccn1Cc1cccc(CNC(=O)C2(O)CCSCC2)c1. The van der Waals surface area contributed by atoms with E-state index in [1.807, 2.05) is 25.3 Å². The predicted octanol–water partition coefficient (Wildman–Crippen LogP) is 2.11.